The van der Waals surface area contributed by atoms with Crippen LogP contribution in [0.2, 0.25) is 0 Å². The lowest BCUT2D eigenvalue weighted by Crippen LogP contribution is -1.86. The molecule has 1 aromatic carbocycles. The summed E-state index contributed by atoms with van der Waals surface area (Å²) in [5, 5.41) is 7.00. The summed E-state index contributed by atoms with van der Waals surface area (Å²) in [6, 6.07) is 4.45. The monoisotopic (exact) mass is 166 g/mol. The molecule has 0 amide bonds. The van der Waals surface area contributed by atoms with Crippen molar-refractivity contribution in [3.63, 3.8) is 0 Å². The second kappa shape index (κ2) is 4.94. The Labute approximate surface area is 75.1 Å². The molecule has 1 aromatic rings. The zero-order valence-electron chi connectivity index (χ0n) is 8.60. The fraction of sp³-hybridized carbons (Fsp3) is 0.455. The Morgan fingerprint density at radius 1 is 0.833 bits per heavy atom. The van der Waals surface area contributed by atoms with Gasteiger partial charge in [0.1, 0.15) is 0 Å². The smallest absolute Gasteiger partial charge is 0.0319 e. The van der Waals surface area contributed by atoms with E-state index in [1.165, 1.54) is 22.3 Å². The van der Waals surface area contributed by atoms with Gasteiger partial charge in [0.2, 0.25) is 0 Å². The molecule has 0 aliphatic carbocycles. The minimum Gasteiger partial charge on any atom is -0.400 e. The van der Waals surface area contributed by atoms with Crippen molar-refractivity contribution in [2.45, 2.75) is 27.7 Å². The summed E-state index contributed by atoms with van der Waals surface area (Å²) in [6.07, 6.45) is 0. The van der Waals surface area contributed by atoms with E-state index in [2.05, 4.69) is 39.8 Å². The standard InChI is InChI=1S/C10H14.CH4O/c1-7-5-8(2)10(4)9(3)6-7;1-2/h5-6H,1-4H3;2H,1H3. The highest BCUT2D eigenvalue weighted by molar-refractivity contribution is 5.35. The SMILES string of the molecule is CO.Cc1cc(C)c(C)c(C)c1. The lowest BCUT2D eigenvalue weighted by molar-refractivity contribution is 0.399. The van der Waals surface area contributed by atoms with Crippen LogP contribution in [0.5, 0.6) is 0 Å². The molecule has 0 aliphatic rings. The Morgan fingerprint density at radius 2 is 1.17 bits per heavy atom. The van der Waals surface area contributed by atoms with Crippen LogP contribution in [0, 0.1) is 27.7 Å². The molecule has 0 fully saturated rings. The maximum atomic E-state index is 7.00. The van der Waals surface area contributed by atoms with Gasteiger partial charge in [0.25, 0.3) is 0 Å². The summed E-state index contributed by atoms with van der Waals surface area (Å²) in [4.78, 5) is 0. The summed E-state index contributed by atoms with van der Waals surface area (Å²) >= 11 is 0. The lowest BCUT2D eigenvalue weighted by atomic mass is 10.0. The minimum atomic E-state index is 1.00. The molecule has 0 saturated heterocycles. The molecule has 1 rings (SSSR count). The van der Waals surface area contributed by atoms with Crippen LogP contribution in [0.1, 0.15) is 22.3 Å². The highest BCUT2D eigenvalue weighted by Crippen LogP contribution is 2.13. The molecular formula is C11H18O. The molecule has 0 spiro atoms. The summed E-state index contributed by atoms with van der Waals surface area (Å²) < 4.78 is 0. The van der Waals surface area contributed by atoms with Crippen molar-refractivity contribution in [3.05, 3.63) is 34.4 Å². The predicted octanol–water partition coefficient (Wildman–Crippen LogP) is 2.53. The number of hydrogen-bond donors (Lipinski definition) is 1. The number of aliphatic hydroxyl groups is 1. The van der Waals surface area contributed by atoms with Crippen LogP contribution < -0.4 is 0 Å². The van der Waals surface area contributed by atoms with Gasteiger partial charge in [0.05, 0.1) is 0 Å². The molecule has 12 heavy (non-hydrogen) atoms. The summed E-state index contributed by atoms with van der Waals surface area (Å²) in [5.41, 5.74) is 5.58. The number of aryl methyl sites for hydroxylation is 3. The van der Waals surface area contributed by atoms with Crippen LogP contribution in [0.3, 0.4) is 0 Å². The van der Waals surface area contributed by atoms with Crippen molar-refractivity contribution in [1.82, 2.24) is 0 Å². The van der Waals surface area contributed by atoms with Crippen molar-refractivity contribution in [3.8, 4) is 0 Å². The van der Waals surface area contributed by atoms with Crippen LogP contribution in [-0.4, -0.2) is 12.2 Å². The Kier molecular flexibility index (Phi) is 4.60. The van der Waals surface area contributed by atoms with Gasteiger partial charge in [0.15, 0.2) is 0 Å². The van der Waals surface area contributed by atoms with Crippen molar-refractivity contribution in [2.75, 3.05) is 7.11 Å². The Bertz CT molecular complexity index is 228. The van der Waals surface area contributed by atoms with Gasteiger partial charge in [0, 0.05) is 7.11 Å². The summed E-state index contributed by atoms with van der Waals surface area (Å²) in [6.45, 7) is 8.63. The second-order valence-corrected chi connectivity index (χ2v) is 3.02. The Balaban J connectivity index is 0.000000561. The minimum absolute atomic E-state index is 1.00. The van der Waals surface area contributed by atoms with E-state index < -0.39 is 0 Å². The molecule has 68 valence electrons. The Hall–Kier alpha value is -0.820. The molecule has 0 bridgehead atoms. The number of hydrogen-bond acceptors (Lipinski definition) is 1. The topological polar surface area (TPSA) is 20.2 Å². The maximum Gasteiger partial charge on any atom is 0.0319 e. The van der Waals surface area contributed by atoms with Gasteiger partial charge < -0.3 is 5.11 Å². The van der Waals surface area contributed by atoms with Crippen LogP contribution in [0.4, 0.5) is 0 Å². The van der Waals surface area contributed by atoms with Gasteiger partial charge in [-0.1, -0.05) is 17.7 Å². The molecule has 0 aromatic heterocycles. The van der Waals surface area contributed by atoms with Gasteiger partial charge in [-0.2, -0.15) is 0 Å². The normalized spacial score (nSPS) is 8.83. The van der Waals surface area contributed by atoms with Crippen LogP contribution in [0.25, 0.3) is 0 Å². The molecule has 1 heteroatoms. The van der Waals surface area contributed by atoms with E-state index in [0.717, 1.165) is 7.11 Å². The fourth-order valence-electron chi connectivity index (χ4n) is 1.25. The molecule has 0 aliphatic heterocycles. The molecule has 0 radical (unpaired) electrons. The van der Waals surface area contributed by atoms with E-state index in [1.807, 2.05) is 0 Å². The first-order chi connectivity index (χ1) is 5.61. The maximum absolute atomic E-state index is 7.00. The largest absolute Gasteiger partial charge is 0.400 e. The van der Waals surface area contributed by atoms with E-state index in [0.29, 0.717) is 0 Å². The fourth-order valence-corrected chi connectivity index (χ4v) is 1.25. The number of aliphatic hydroxyl groups excluding tert-OH is 1. The van der Waals surface area contributed by atoms with Gasteiger partial charge in [-0.05, 0) is 44.4 Å². The Morgan fingerprint density at radius 3 is 1.50 bits per heavy atom. The van der Waals surface area contributed by atoms with Crippen LogP contribution >= 0.6 is 0 Å². The van der Waals surface area contributed by atoms with Crippen molar-refractivity contribution in [2.24, 2.45) is 0 Å². The molecule has 1 nitrogen and oxygen atoms in total. The average molecular weight is 166 g/mol. The zero-order chi connectivity index (χ0) is 9.72. The average Bonchev–Trinajstić information content (AvgIpc) is 2.04. The van der Waals surface area contributed by atoms with Gasteiger partial charge in [-0.25, -0.2) is 0 Å². The third-order valence-electron chi connectivity index (χ3n) is 2.07. The van der Waals surface area contributed by atoms with Crippen LogP contribution in [-0.2, 0) is 0 Å². The van der Waals surface area contributed by atoms with Gasteiger partial charge in [-0.15, -0.1) is 0 Å². The van der Waals surface area contributed by atoms with E-state index >= 15 is 0 Å². The molecule has 0 saturated carbocycles. The second-order valence-electron chi connectivity index (χ2n) is 3.02. The van der Waals surface area contributed by atoms with Crippen molar-refractivity contribution >= 4 is 0 Å². The van der Waals surface area contributed by atoms with Crippen molar-refractivity contribution in [1.29, 1.82) is 0 Å². The van der Waals surface area contributed by atoms with E-state index in [4.69, 9.17) is 5.11 Å². The van der Waals surface area contributed by atoms with Crippen LogP contribution in [0.15, 0.2) is 12.1 Å². The van der Waals surface area contributed by atoms with E-state index in [-0.39, 0.29) is 0 Å². The third-order valence-corrected chi connectivity index (χ3v) is 2.07. The quantitative estimate of drug-likeness (QED) is 0.628. The third kappa shape index (κ3) is 2.67. The van der Waals surface area contributed by atoms with Gasteiger partial charge in [-0.3, -0.25) is 0 Å². The predicted molar refractivity (Wildman–Crippen MR) is 53.5 cm³/mol. The number of benzene rings is 1. The first-order valence-corrected chi connectivity index (χ1v) is 4.10. The highest BCUT2D eigenvalue weighted by atomic mass is 16.2. The van der Waals surface area contributed by atoms with E-state index in [1.54, 1.807) is 0 Å². The number of rotatable bonds is 0. The first kappa shape index (κ1) is 11.2. The van der Waals surface area contributed by atoms with E-state index in [9.17, 15) is 0 Å². The summed E-state index contributed by atoms with van der Waals surface area (Å²) in [7, 11) is 1.00. The molecule has 0 heterocycles. The summed E-state index contributed by atoms with van der Waals surface area (Å²) in [5.74, 6) is 0. The first-order valence-electron chi connectivity index (χ1n) is 4.10. The lowest BCUT2D eigenvalue weighted by Gasteiger charge is -2.04. The zero-order valence-corrected chi connectivity index (χ0v) is 8.60. The van der Waals surface area contributed by atoms with Gasteiger partial charge >= 0.3 is 0 Å². The molecule has 1 N–H and O–H groups in total. The molecular weight excluding hydrogens is 148 g/mol. The highest BCUT2D eigenvalue weighted by Gasteiger charge is 1.95. The van der Waals surface area contributed by atoms with Crippen molar-refractivity contribution < 1.29 is 5.11 Å². The molecule has 0 unspecified atom stereocenters. The molecule has 0 atom stereocenters.